The molecule has 1 aliphatic carbocycles. The Bertz CT molecular complexity index is 289. The van der Waals surface area contributed by atoms with Gasteiger partial charge in [-0.3, -0.25) is 9.59 Å². The fourth-order valence-corrected chi connectivity index (χ4v) is 2.60. The number of rotatable bonds is 5. The van der Waals surface area contributed by atoms with Crippen LogP contribution in [0.4, 0.5) is 0 Å². The molecular weight excluding hydrogens is 230 g/mol. The van der Waals surface area contributed by atoms with Gasteiger partial charge in [-0.15, -0.1) is 0 Å². The molecule has 0 aromatic rings. The van der Waals surface area contributed by atoms with Gasteiger partial charge in [-0.25, -0.2) is 0 Å². The summed E-state index contributed by atoms with van der Waals surface area (Å²) < 4.78 is 5.56. The second-order valence-electron chi connectivity index (χ2n) is 5.45. The molecule has 2 atom stereocenters. The lowest BCUT2D eigenvalue weighted by atomic mass is 9.79. The quantitative estimate of drug-likeness (QED) is 0.767. The smallest absolute Gasteiger partial charge is 0.307 e. The van der Waals surface area contributed by atoms with Gasteiger partial charge in [-0.05, 0) is 31.1 Å². The largest absolute Gasteiger partial charge is 0.462 e. The molecule has 18 heavy (non-hydrogen) atoms. The van der Waals surface area contributed by atoms with Gasteiger partial charge in [0, 0.05) is 13.5 Å². The van der Waals surface area contributed by atoms with Gasteiger partial charge in [-0.2, -0.15) is 0 Å². The maximum absolute atomic E-state index is 11.7. The zero-order valence-corrected chi connectivity index (χ0v) is 11.7. The fraction of sp³-hybridized carbons (Fsp3) is 0.857. The molecule has 0 aromatic carbocycles. The van der Waals surface area contributed by atoms with Crippen LogP contribution in [-0.2, 0) is 14.3 Å². The second kappa shape index (κ2) is 7.39. The van der Waals surface area contributed by atoms with E-state index in [0.29, 0.717) is 18.4 Å². The summed E-state index contributed by atoms with van der Waals surface area (Å²) in [5.74, 6) is 0.740. The minimum atomic E-state index is -0.193. The Balaban J connectivity index is 2.34. The van der Waals surface area contributed by atoms with Gasteiger partial charge in [-0.1, -0.05) is 20.3 Å². The Labute approximate surface area is 109 Å². The predicted octanol–water partition coefficient (Wildman–Crippen LogP) is 2.27. The molecule has 1 fully saturated rings. The van der Waals surface area contributed by atoms with Crippen molar-refractivity contribution in [3.05, 3.63) is 0 Å². The Morgan fingerprint density at radius 2 is 1.94 bits per heavy atom. The van der Waals surface area contributed by atoms with E-state index in [4.69, 9.17) is 4.74 Å². The molecular formula is C14H25NO3. The molecule has 0 bridgehead atoms. The number of nitrogens with one attached hydrogen (secondary N) is 1. The Morgan fingerprint density at radius 3 is 2.56 bits per heavy atom. The summed E-state index contributed by atoms with van der Waals surface area (Å²) in [6, 6.07) is 0. The van der Waals surface area contributed by atoms with E-state index in [2.05, 4.69) is 19.2 Å². The van der Waals surface area contributed by atoms with Gasteiger partial charge in [0.05, 0.1) is 6.42 Å². The molecule has 4 nitrogen and oxygen atoms in total. The first-order valence-corrected chi connectivity index (χ1v) is 6.94. The van der Waals surface area contributed by atoms with Crippen molar-refractivity contribution < 1.29 is 14.3 Å². The van der Waals surface area contributed by atoms with E-state index in [0.717, 1.165) is 19.3 Å². The zero-order chi connectivity index (χ0) is 13.5. The number of carbonyl (C=O) groups excluding carboxylic acids is 2. The minimum Gasteiger partial charge on any atom is -0.462 e. The highest BCUT2D eigenvalue weighted by Crippen LogP contribution is 2.32. The lowest BCUT2D eigenvalue weighted by molar-refractivity contribution is -0.154. The van der Waals surface area contributed by atoms with Crippen LogP contribution in [0.15, 0.2) is 0 Å². The van der Waals surface area contributed by atoms with E-state index in [1.165, 1.54) is 13.3 Å². The van der Waals surface area contributed by atoms with Crippen LogP contribution in [0.2, 0.25) is 0 Å². The first kappa shape index (κ1) is 15.0. The molecule has 104 valence electrons. The normalized spacial score (nSPS) is 23.8. The third-order valence-electron chi connectivity index (χ3n) is 3.60. The average molecular weight is 255 g/mol. The lowest BCUT2D eigenvalue weighted by Crippen LogP contribution is -2.34. The van der Waals surface area contributed by atoms with Gasteiger partial charge in [0.25, 0.3) is 0 Å². The van der Waals surface area contributed by atoms with Crippen molar-refractivity contribution in [1.29, 1.82) is 0 Å². The SMILES string of the molecule is CC(=O)NCCC(=O)O[C@@H]1CCCC[C@H]1C(C)C. The first-order valence-electron chi connectivity index (χ1n) is 6.94. The van der Waals surface area contributed by atoms with Crippen LogP contribution in [0.25, 0.3) is 0 Å². The van der Waals surface area contributed by atoms with Crippen LogP contribution >= 0.6 is 0 Å². The van der Waals surface area contributed by atoms with Gasteiger partial charge >= 0.3 is 5.97 Å². The summed E-state index contributed by atoms with van der Waals surface area (Å²) in [6.45, 7) is 6.19. The highest BCUT2D eigenvalue weighted by Gasteiger charge is 2.30. The van der Waals surface area contributed by atoms with Gasteiger partial charge in [0.1, 0.15) is 6.10 Å². The summed E-state index contributed by atoms with van der Waals surface area (Å²) in [5, 5.41) is 2.61. The third-order valence-corrected chi connectivity index (χ3v) is 3.60. The average Bonchev–Trinajstić information content (AvgIpc) is 2.28. The molecule has 0 heterocycles. The van der Waals surface area contributed by atoms with E-state index in [9.17, 15) is 9.59 Å². The predicted molar refractivity (Wildman–Crippen MR) is 70.0 cm³/mol. The molecule has 0 saturated heterocycles. The summed E-state index contributed by atoms with van der Waals surface area (Å²) in [7, 11) is 0. The standard InChI is InChI=1S/C14H25NO3/c1-10(2)12-6-4-5-7-13(12)18-14(17)8-9-15-11(3)16/h10,12-13H,4-9H2,1-3H3,(H,15,16)/t12-,13+/m0/s1. The summed E-state index contributed by atoms with van der Waals surface area (Å²) in [5.41, 5.74) is 0. The number of ether oxygens (including phenoxy) is 1. The first-order chi connectivity index (χ1) is 8.50. The molecule has 1 saturated carbocycles. The highest BCUT2D eigenvalue weighted by atomic mass is 16.5. The second-order valence-corrected chi connectivity index (χ2v) is 5.45. The van der Waals surface area contributed by atoms with E-state index >= 15 is 0 Å². The summed E-state index contributed by atoms with van der Waals surface area (Å²) in [6.07, 6.45) is 4.86. The van der Waals surface area contributed by atoms with Gasteiger partial charge in [0.15, 0.2) is 0 Å². The van der Waals surface area contributed by atoms with Gasteiger partial charge in [0.2, 0.25) is 5.91 Å². The molecule has 0 spiro atoms. The van der Waals surface area contributed by atoms with Crippen LogP contribution in [0.3, 0.4) is 0 Å². The minimum absolute atomic E-state index is 0.0728. The number of hydrogen-bond donors (Lipinski definition) is 1. The van der Waals surface area contributed by atoms with E-state index in [-0.39, 0.29) is 24.4 Å². The van der Waals surface area contributed by atoms with Crippen molar-refractivity contribution >= 4 is 11.9 Å². The summed E-state index contributed by atoms with van der Waals surface area (Å²) in [4.78, 5) is 22.4. The van der Waals surface area contributed by atoms with Crippen LogP contribution in [0.5, 0.6) is 0 Å². The molecule has 1 N–H and O–H groups in total. The molecule has 1 rings (SSSR count). The molecule has 0 aliphatic heterocycles. The van der Waals surface area contributed by atoms with E-state index in [1.54, 1.807) is 0 Å². The fourth-order valence-electron chi connectivity index (χ4n) is 2.60. The van der Waals surface area contributed by atoms with Crippen LogP contribution < -0.4 is 5.32 Å². The Morgan fingerprint density at radius 1 is 1.28 bits per heavy atom. The monoisotopic (exact) mass is 255 g/mol. The highest BCUT2D eigenvalue weighted by molar-refractivity contribution is 5.74. The van der Waals surface area contributed by atoms with E-state index in [1.807, 2.05) is 0 Å². The summed E-state index contributed by atoms with van der Waals surface area (Å²) >= 11 is 0. The Kier molecular flexibility index (Phi) is 6.16. The van der Waals surface area contributed by atoms with Crippen LogP contribution in [-0.4, -0.2) is 24.5 Å². The molecule has 0 aromatic heterocycles. The molecule has 1 aliphatic rings. The zero-order valence-electron chi connectivity index (χ0n) is 11.7. The number of amides is 1. The molecule has 0 radical (unpaired) electrons. The van der Waals surface area contributed by atoms with Crippen molar-refractivity contribution in [2.24, 2.45) is 11.8 Å². The number of carbonyl (C=O) groups is 2. The molecule has 1 amide bonds. The van der Waals surface area contributed by atoms with Crippen molar-refractivity contribution in [2.75, 3.05) is 6.54 Å². The van der Waals surface area contributed by atoms with Crippen LogP contribution in [0, 0.1) is 11.8 Å². The van der Waals surface area contributed by atoms with Crippen LogP contribution in [0.1, 0.15) is 52.9 Å². The van der Waals surface area contributed by atoms with E-state index < -0.39 is 0 Å². The maximum Gasteiger partial charge on any atom is 0.307 e. The lowest BCUT2D eigenvalue weighted by Gasteiger charge is -2.33. The van der Waals surface area contributed by atoms with Crippen molar-refractivity contribution in [3.63, 3.8) is 0 Å². The number of esters is 1. The van der Waals surface area contributed by atoms with Crippen molar-refractivity contribution in [1.82, 2.24) is 5.32 Å². The molecule has 4 heteroatoms. The topological polar surface area (TPSA) is 55.4 Å². The Hall–Kier alpha value is -1.06. The third kappa shape index (κ3) is 5.07. The van der Waals surface area contributed by atoms with Gasteiger partial charge < -0.3 is 10.1 Å². The van der Waals surface area contributed by atoms with Crippen molar-refractivity contribution in [2.45, 2.75) is 59.0 Å². The molecule has 0 unspecified atom stereocenters. The number of hydrogen-bond acceptors (Lipinski definition) is 3. The maximum atomic E-state index is 11.7. The van der Waals surface area contributed by atoms with Crippen molar-refractivity contribution in [3.8, 4) is 0 Å².